The van der Waals surface area contributed by atoms with E-state index in [0.717, 1.165) is 13.0 Å². The van der Waals surface area contributed by atoms with Gasteiger partial charge in [-0.25, -0.2) is 8.42 Å². The van der Waals surface area contributed by atoms with Gasteiger partial charge in [-0.05, 0) is 42.8 Å². The zero-order chi connectivity index (χ0) is 12.5. The van der Waals surface area contributed by atoms with Crippen molar-refractivity contribution in [3.05, 3.63) is 21.9 Å². The van der Waals surface area contributed by atoms with E-state index in [1.807, 2.05) is 0 Å². The van der Waals surface area contributed by atoms with E-state index < -0.39 is 9.84 Å². The van der Waals surface area contributed by atoms with Crippen LogP contribution in [0.2, 0.25) is 0 Å². The van der Waals surface area contributed by atoms with Crippen LogP contribution in [-0.4, -0.2) is 26.5 Å². The van der Waals surface area contributed by atoms with Crippen molar-refractivity contribution in [1.82, 2.24) is 5.32 Å². The van der Waals surface area contributed by atoms with E-state index in [1.165, 1.54) is 10.4 Å². The predicted molar refractivity (Wildman–Crippen MR) is 72.2 cm³/mol. The molecule has 0 amide bonds. The monoisotopic (exact) mass is 273 g/mol. The van der Waals surface area contributed by atoms with Gasteiger partial charge in [0.05, 0.1) is 11.5 Å². The van der Waals surface area contributed by atoms with E-state index in [4.69, 9.17) is 0 Å². The molecule has 0 spiro atoms. The minimum atomic E-state index is -2.80. The van der Waals surface area contributed by atoms with Crippen LogP contribution in [0.4, 0.5) is 0 Å². The SMILES string of the molecule is CCNC(c1ccsc1C)C1CCS(=O)(=O)C1. The quantitative estimate of drug-likeness (QED) is 0.914. The normalized spacial score (nSPS) is 24.9. The molecule has 0 aliphatic carbocycles. The summed E-state index contributed by atoms with van der Waals surface area (Å²) in [5.74, 6) is 0.913. The molecule has 2 atom stereocenters. The summed E-state index contributed by atoms with van der Waals surface area (Å²) in [6, 6.07) is 2.32. The molecule has 0 bridgehead atoms. The summed E-state index contributed by atoms with van der Waals surface area (Å²) < 4.78 is 23.2. The van der Waals surface area contributed by atoms with E-state index in [1.54, 1.807) is 11.3 Å². The maximum absolute atomic E-state index is 11.6. The second kappa shape index (κ2) is 5.08. The van der Waals surface area contributed by atoms with Crippen LogP contribution in [-0.2, 0) is 9.84 Å². The van der Waals surface area contributed by atoms with E-state index in [-0.39, 0.29) is 12.0 Å². The molecule has 96 valence electrons. The zero-order valence-electron chi connectivity index (χ0n) is 10.3. The first kappa shape index (κ1) is 13.1. The molecule has 0 radical (unpaired) electrons. The van der Waals surface area contributed by atoms with Crippen molar-refractivity contribution < 1.29 is 8.42 Å². The Hall–Kier alpha value is -0.390. The van der Waals surface area contributed by atoms with E-state index in [2.05, 4.69) is 30.6 Å². The largest absolute Gasteiger partial charge is 0.310 e. The number of sulfone groups is 1. The number of aryl methyl sites for hydroxylation is 1. The third-order valence-electron chi connectivity index (χ3n) is 3.40. The van der Waals surface area contributed by atoms with Gasteiger partial charge >= 0.3 is 0 Å². The highest BCUT2D eigenvalue weighted by Gasteiger charge is 2.34. The van der Waals surface area contributed by atoms with Gasteiger partial charge in [-0.3, -0.25) is 0 Å². The molecule has 1 aliphatic heterocycles. The minimum Gasteiger partial charge on any atom is -0.310 e. The fourth-order valence-corrected chi connectivity index (χ4v) is 5.14. The zero-order valence-corrected chi connectivity index (χ0v) is 11.9. The number of rotatable bonds is 4. The molecule has 0 aromatic carbocycles. The first-order chi connectivity index (χ1) is 8.03. The van der Waals surface area contributed by atoms with Crippen molar-refractivity contribution in [3.63, 3.8) is 0 Å². The molecule has 1 aromatic rings. The number of hydrogen-bond donors (Lipinski definition) is 1. The summed E-state index contributed by atoms with van der Waals surface area (Å²) in [6.07, 6.45) is 0.787. The maximum atomic E-state index is 11.6. The minimum absolute atomic E-state index is 0.198. The topological polar surface area (TPSA) is 46.2 Å². The summed E-state index contributed by atoms with van der Waals surface area (Å²) in [4.78, 5) is 1.29. The van der Waals surface area contributed by atoms with Gasteiger partial charge in [0.2, 0.25) is 0 Å². The van der Waals surface area contributed by atoms with Gasteiger partial charge in [0.25, 0.3) is 0 Å². The second-order valence-corrected chi connectivity index (χ2v) is 7.98. The lowest BCUT2D eigenvalue weighted by Gasteiger charge is -2.23. The number of hydrogen-bond acceptors (Lipinski definition) is 4. The lowest BCUT2D eigenvalue weighted by molar-refractivity contribution is 0.400. The lowest BCUT2D eigenvalue weighted by Crippen LogP contribution is -2.29. The first-order valence-electron chi connectivity index (χ1n) is 6.01. The molecule has 1 aromatic heterocycles. The summed E-state index contributed by atoms with van der Waals surface area (Å²) in [7, 11) is -2.80. The Kier molecular flexibility index (Phi) is 3.90. The van der Waals surface area contributed by atoms with Gasteiger partial charge in [0, 0.05) is 10.9 Å². The van der Waals surface area contributed by atoms with Crippen LogP contribution >= 0.6 is 11.3 Å². The van der Waals surface area contributed by atoms with Crippen LogP contribution < -0.4 is 5.32 Å². The molecule has 17 heavy (non-hydrogen) atoms. The summed E-state index contributed by atoms with van der Waals surface area (Å²) in [5, 5.41) is 5.53. The van der Waals surface area contributed by atoms with E-state index >= 15 is 0 Å². The Bertz CT molecular complexity index is 478. The van der Waals surface area contributed by atoms with Crippen molar-refractivity contribution in [2.45, 2.75) is 26.3 Å². The molecular formula is C12H19NO2S2. The molecule has 2 unspecified atom stereocenters. The molecule has 1 N–H and O–H groups in total. The van der Waals surface area contributed by atoms with Crippen LogP contribution in [0.3, 0.4) is 0 Å². The van der Waals surface area contributed by atoms with Gasteiger partial charge < -0.3 is 5.32 Å². The molecule has 0 saturated carbocycles. The summed E-state index contributed by atoms with van der Waals surface area (Å²) in [5.41, 5.74) is 1.28. The highest BCUT2D eigenvalue weighted by Crippen LogP contribution is 2.34. The third-order valence-corrected chi connectivity index (χ3v) is 6.05. The fraction of sp³-hybridized carbons (Fsp3) is 0.667. The molecule has 3 nitrogen and oxygen atoms in total. The fourth-order valence-electron chi connectivity index (χ4n) is 2.55. The Morgan fingerprint density at radius 2 is 2.35 bits per heavy atom. The van der Waals surface area contributed by atoms with Crippen LogP contribution in [0.25, 0.3) is 0 Å². The number of thiophene rings is 1. The summed E-state index contributed by atoms with van der Waals surface area (Å²) in [6.45, 7) is 5.04. The predicted octanol–water partition coefficient (Wildman–Crippen LogP) is 2.14. The molecule has 5 heteroatoms. The van der Waals surface area contributed by atoms with Crippen molar-refractivity contribution in [1.29, 1.82) is 0 Å². The third kappa shape index (κ3) is 2.89. The maximum Gasteiger partial charge on any atom is 0.150 e. The smallest absolute Gasteiger partial charge is 0.150 e. The molecular weight excluding hydrogens is 254 g/mol. The number of nitrogens with one attached hydrogen (secondary N) is 1. The van der Waals surface area contributed by atoms with Gasteiger partial charge in [0.15, 0.2) is 9.84 Å². The van der Waals surface area contributed by atoms with E-state index in [0.29, 0.717) is 11.5 Å². The average Bonchev–Trinajstić information content (AvgIpc) is 2.81. The van der Waals surface area contributed by atoms with Gasteiger partial charge in [-0.15, -0.1) is 11.3 Å². The van der Waals surface area contributed by atoms with Crippen LogP contribution in [0.1, 0.15) is 29.8 Å². The molecule has 2 heterocycles. The van der Waals surface area contributed by atoms with Crippen molar-refractivity contribution in [2.24, 2.45) is 5.92 Å². The standard InChI is InChI=1S/C12H19NO2S2/c1-3-13-12(11-4-6-16-9(11)2)10-5-7-17(14,15)8-10/h4,6,10,12-13H,3,5,7-8H2,1-2H3. The van der Waals surface area contributed by atoms with E-state index in [9.17, 15) is 8.42 Å². The van der Waals surface area contributed by atoms with Crippen molar-refractivity contribution >= 4 is 21.2 Å². The summed E-state index contributed by atoms with van der Waals surface area (Å²) >= 11 is 1.73. The van der Waals surface area contributed by atoms with Crippen LogP contribution in [0.15, 0.2) is 11.4 Å². The Labute approximate surface area is 107 Å². The van der Waals surface area contributed by atoms with Crippen LogP contribution in [0, 0.1) is 12.8 Å². The molecule has 1 saturated heterocycles. The van der Waals surface area contributed by atoms with Gasteiger partial charge in [-0.1, -0.05) is 6.92 Å². The Morgan fingerprint density at radius 3 is 2.82 bits per heavy atom. The molecule has 1 aliphatic rings. The first-order valence-corrected chi connectivity index (χ1v) is 8.71. The van der Waals surface area contributed by atoms with Crippen molar-refractivity contribution in [2.75, 3.05) is 18.1 Å². The molecule has 1 fully saturated rings. The second-order valence-electron chi connectivity index (χ2n) is 4.63. The Morgan fingerprint density at radius 1 is 1.59 bits per heavy atom. The molecule has 2 rings (SSSR count). The van der Waals surface area contributed by atoms with Crippen LogP contribution in [0.5, 0.6) is 0 Å². The highest BCUT2D eigenvalue weighted by molar-refractivity contribution is 7.91. The van der Waals surface area contributed by atoms with Gasteiger partial charge in [0.1, 0.15) is 0 Å². The van der Waals surface area contributed by atoms with Gasteiger partial charge in [-0.2, -0.15) is 0 Å². The lowest BCUT2D eigenvalue weighted by atomic mass is 9.93. The van der Waals surface area contributed by atoms with Crippen molar-refractivity contribution in [3.8, 4) is 0 Å². The Balaban J connectivity index is 2.22. The highest BCUT2D eigenvalue weighted by atomic mass is 32.2. The average molecular weight is 273 g/mol.